The number of fused-ring (bicyclic) bond motifs is 1. The molecule has 2 heterocycles. The first-order chi connectivity index (χ1) is 7.25. The number of aromatic nitrogens is 1. The van der Waals surface area contributed by atoms with Crippen molar-refractivity contribution in [2.75, 3.05) is 0 Å². The Labute approximate surface area is 87.7 Å². The van der Waals surface area contributed by atoms with Crippen LogP contribution in [0, 0.1) is 0 Å². The fourth-order valence-corrected chi connectivity index (χ4v) is 2.41. The molecule has 4 nitrogen and oxygen atoms in total. The summed E-state index contributed by atoms with van der Waals surface area (Å²) in [5, 5.41) is 12.2. The molecule has 15 heavy (non-hydrogen) atoms. The van der Waals surface area contributed by atoms with Crippen molar-refractivity contribution in [2.45, 2.75) is 38.3 Å². The van der Waals surface area contributed by atoms with Gasteiger partial charge in [-0.1, -0.05) is 0 Å². The number of hydrogen-bond donors (Lipinski definition) is 3. The van der Waals surface area contributed by atoms with Crippen LogP contribution >= 0.6 is 0 Å². The molecule has 3 rings (SSSR count). The summed E-state index contributed by atoms with van der Waals surface area (Å²) < 4.78 is 0. The second-order valence-corrected chi connectivity index (χ2v) is 4.42. The van der Waals surface area contributed by atoms with Gasteiger partial charge in [0.1, 0.15) is 0 Å². The summed E-state index contributed by atoms with van der Waals surface area (Å²) in [5.74, 6) is -0.129. The molecule has 3 N–H and O–H groups in total. The van der Waals surface area contributed by atoms with E-state index in [1.54, 1.807) is 0 Å². The largest absolute Gasteiger partial charge is 0.481 e. The summed E-state index contributed by atoms with van der Waals surface area (Å²) in [6.45, 7) is 1.68. The summed E-state index contributed by atoms with van der Waals surface area (Å²) in [5.41, 5.74) is 4.65. The minimum Gasteiger partial charge on any atom is -0.481 e. The number of H-pyrrole nitrogens is 1. The summed E-state index contributed by atoms with van der Waals surface area (Å²) in [6, 6.07) is 0. The van der Waals surface area contributed by atoms with Gasteiger partial charge in [-0.2, -0.15) is 0 Å². The van der Waals surface area contributed by atoms with Gasteiger partial charge in [-0.05, 0) is 29.9 Å². The molecule has 0 aromatic carbocycles. The third kappa shape index (κ3) is 1.45. The number of hydrogen-bond acceptors (Lipinski definition) is 2. The van der Waals surface area contributed by atoms with Crippen LogP contribution in [-0.4, -0.2) is 16.1 Å². The molecule has 0 bridgehead atoms. The molecule has 0 spiro atoms. The topological polar surface area (TPSA) is 65.1 Å². The summed E-state index contributed by atoms with van der Waals surface area (Å²) in [7, 11) is 0. The van der Waals surface area contributed by atoms with E-state index < -0.39 is 5.97 Å². The molecule has 2 aliphatic rings. The van der Waals surface area contributed by atoms with Gasteiger partial charge in [0.2, 0.25) is 0 Å². The molecule has 0 saturated heterocycles. The van der Waals surface area contributed by atoms with Gasteiger partial charge in [-0.3, -0.25) is 4.79 Å². The zero-order valence-corrected chi connectivity index (χ0v) is 8.47. The van der Waals surface area contributed by atoms with E-state index in [1.807, 2.05) is 0 Å². The van der Waals surface area contributed by atoms with Crippen LogP contribution in [0.3, 0.4) is 0 Å². The summed E-state index contributed by atoms with van der Waals surface area (Å²) >= 11 is 0. The third-order valence-corrected chi connectivity index (χ3v) is 3.26. The van der Waals surface area contributed by atoms with Crippen LogP contribution in [0.4, 0.5) is 0 Å². The van der Waals surface area contributed by atoms with E-state index in [9.17, 15) is 4.79 Å². The van der Waals surface area contributed by atoms with E-state index in [-0.39, 0.29) is 6.42 Å². The smallest absolute Gasteiger partial charge is 0.307 e. The van der Waals surface area contributed by atoms with Crippen LogP contribution in [-0.2, 0) is 24.3 Å². The Morgan fingerprint density at radius 3 is 2.87 bits per heavy atom. The van der Waals surface area contributed by atoms with E-state index >= 15 is 0 Å². The van der Waals surface area contributed by atoms with E-state index in [0.717, 1.165) is 18.7 Å². The Hall–Kier alpha value is -1.29. The molecule has 80 valence electrons. The van der Waals surface area contributed by atoms with Gasteiger partial charge in [0.25, 0.3) is 0 Å². The van der Waals surface area contributed by atoms with Gasteiger partial charge in [0, 0.05) is 24.5 Å². The van der Waals surface area contributed by atoms with Crippen molar-refractivity contribution in [3.63, 3.8) is 0 Å². The molecule has 0 radical (unpaired) electrons. The number of nitrogens with one attached hydrogen (secondary N) is 2. The highest BCUT2D eigenvalue weighted by atomic mass is 16.4. The maximum atomic E-state index is 10.8. The summed E-state index contributed by atoms with van der Waals surface area (Å²) in [6.07, 6.45) is 2.58. The number of rotatable bonds is 3. The second kappa shape index (κ2) is 3.10. The Kier molecular flexibility index (Phi) is 1.85. The Balaban J connectivity index is 2.02. The Morgan fingerprint density at radius 2 is 2.20 bits per heavy atom. The minimum absolute atomic E-state index is 0.166. The molecule has 1 aromatic heterocycles. The third-order valence-electron chi connectivity index (χ3n) is 3.26. The van der Waals surface area contributed by atoms with Gasteiger partial charge in [-0.25, -0.2) is 0 Å². The van der Waals surface area contributed by atoms with Gasteiger partial charge >= 0.3 is 5.97 Å². The standard InChI is InChI=1S/C11H14N2O2/c14-10(15)3-7-8-4-12-5-9(8)13-11(7)6-1-2-6/h6,12-13H,1-5H2,(H,14,15). The molecule has 1 fully saturated rings. The highest BCUT2D eigenvalue weighted by molar-refractivity contribution is 5.72. The maximum absolute atomic E-state index is 10.8. The van der Waals surface area contributed by atoms with E-state index in [1.165, 1.54) is 29.8 Å². The number of carboxylic acids is 1. The zero-order chi connectivity index (χ0) is 10.4. The summed E-state index contributed by atoms with van der Waals surface area (Å²) in [4.78, 5) is 14.2. The van der Waals surface area contributed by atoms with Crippen LogP contribution in [0.15, 0.2) is 0 Å². The fraction of sp³-hybridized carbons (Fsp3) is 0.545. The predicted molar refractivity (Wildman–Crippen MR) is 54.7 cm³/mol. The van der Waals surface area contributed by atoms with E-state index in [4.69, 9.17) is 5.11 Å². The molecule has 4 heteroatoms. The molecule has 0 unspecified atom stereocenters. The molecule has 0 atom stereocenters. The quantitative estimate of drug-likeness (QED) is 0.694. The van der Waals surface area contributed by atoms with Crippen molar-refractivity contribution >= 4 is 5.97 Å². The Morgan fingerprint density at radius 1 is 1.40 bits per heavy atom. The van der Waals surface area contributed by atoms with Crippen molar-refractivity contribution in [2.24, 2.45) is 0 Å². The van der Waals surface area contributed by atoms with E-state index in [2.05, 4.69) is 10.3 Å². The monoisotopic (exact) mass is 206 g/mol. The average Bonchev–Trinajstić information content (AvgIpc) is 2.82. The second-order valence-electron chi connectivity index (χ2n) is 4.42. The highest BCUT2D eigenvalue weighted by Gasteiger charge is 2.32. The van der Waals surface area contributed by atoms with Crippen molar-refractivity contribution in [3.8, 4) is 0 Å². The van der Waals surface area contributed by atoms with Gasteiger partial charge in [0.15, 0.2) is 0 Å². The number of aliphatic carboxylic acids is 1. The normalized spacial score (nSPS) is 19.2. The highest BCUT2D eigenvalue weighted by Crippen LogP contribution is 2.43. The van der Waals surface area contributed by atoms with Gasteiger partial charge < -0.3 is 15.4 Å². The molecular formula is C11H14N2O2. The lowest BCUT2D eigenvalue weighted by Crippen LogP contribution is -2.07. The van der Waals surface area contributed by atoms with Crippen LogP contribution in [0.5, 0.6) is 0 Å². The molecule has 1 saturated carbocycles. The molecule has 0 amide bonds. The number of carbonyl (C=O) groups is 1. The SMILES string of the molecule is O=C(O)Cc1c(C2CC2)[nH]c2c1CNC2. The number of carboxylic acid groups (broad SMARTS) is 1. The molecular weight excluding hydrogens is 192 g/mol. The van der Waals surface area contributed by atoms with Crippen LogP contribution < -0.4 is 5.32 Å². The lowest BCUT2D eigenvalue weighted by atomic mass is 10.0. The van der Waals surface area contributed by atoms with Crippen molar-refractivity contribution in [1.29, 1.82) is 0 Å². The van der Waals surface area contributed by atoms with E-state index in [0.29, 0.717) is 5.92 Å². The molecule has 1 aromatic rings. The van der Waals surface area contributed by atoms with Crippen LogP contribution in [0.2, 0.25) is 0 Å². The Bertz CT molecular complexity index is 418. The fourth-order valence-electron chi connectivity index (χ4n) is 2.41. The number of aromatic amines is 1. The lowest BCUT2D eigenvalue weighted by Gasteiger charge is -2.02. The minimum atomic E-state index is -0.731. The van der Waals surface area contributed by atoms with Crippen molar-refractivity contribution < 1.29 is 9.90 Å². The maximum Gasteiger partial charge on any atom is 0.307 e. The molecule has 1 aliphatic heterocycles. The first-order valence-corrected chi connectivity index (χ1v) is 5.40. The first-order valence-electron chi connectivity index (χ1n) is 5.40. The molecule has 1 aliphatic carbocycles. The van der Waals surface area contributed by atoms with Crippen molar-refractivity contribution in [3.05, 3.63) is 22.5 Å². The van der Waals surface area contributed by atoms with Crippen LogP contribution in [0.1, 0.15) is 41.3 Å². The van der Waals surface area contributed by atoms with Crippen LogP contribution in [0.25, 0.3) is 0 Å². The first kappa shape index (κ1) is 8.97. The zero-order valence-electron chi connectivity index (χ0n) is 8.47. The predicted octanol–water partition coefficient (Wildman–Crippen LogP) is 1.12. The average molecular weight is 206 g/mol. The lowest BCUT2D eigenvalue weighted by molar-refractivity contribution is -0.136. The van der Waals surface area contributed by atoms with Crippen molar-refractivity contribution in [1.82, 2.24) is 10.3 Å². The van der Waals surface area contributed by atoms with Gasteiger partial charge in [0.05, 0.1) is 6.42 Å². The van der Waals surface area contributed by atoms with Gasteiger partial charge in [-0.15, -0.1) is 0 Å².